The predicted octanol–water partition coefficient (Wildman–Crippen LogP) is -1.07. The molecule has 0 aromatic rings. The normalized spacial score (nSPS) is 11.7. The summed E-state index contributed by atoms with van der Waals surface area (Å²) in [4.78, 5) is 9.80. The zero-order valence-corrected chi connectivity index (χ0v) is 5.14. The minimum atomic E-state index is -0.509. The summed E-state index contributed by atoms with van der Waals surface area (Å²) in [6.07, 6.45) is 0. The Hall–Kier alpha value is -0.220. The van der Waals surface area contributed by atoms with E-state index >= 15 is 0 Å². The maximum absolute atomic E-state index is 9.80. The van der Waals surface area contributed by atoms with Crippen molar-refractivity contribution < 1.29 is 4.79 Å². The number of hydrogen-bond acceptors (Lipinski definition) is 2. The molecule has 0 radical (unpaired) electrons. The molecule has 7 heavy (non-hydrogen) atoms. The van der Waals surface area contributed by atoms with Gasteiger partial charge in [0.05, 0.1) is 6.04 Å². The van der Waals surface area contributed by atoms with Crippen LogP contribution in [0.5, 0.6) is 0 Å². The highest BCUT2D eigenvalue weighted by molar-refractivity contribution is 7.59. The van der Waals surface area contributed by atoms with Crippen LogP contribution in [0, 0.1) is 0 Å². The average molecular weight is 122 g/mol. The lowest BCUT2D eigenvalue weighted by Crippen LogP contribution is -2.32. The summed E-state index contributed by atoms with van der Waals surface area (Å²) in [5, 5.41) is 0. The van der Waals surface area contributed by atoms with Gasteiger partial charge in [-0.3, -0.25) is 4.79 Å². The maximum atomic E-state index is 9.80. The molecular weight excluding hydrogens is 112 g/mol. The lowest BCUT2D eigenvalue weighted by atomic mass is 10.4. The molecule has 0 aromatic carbocycles. The van der Waals surface area contributed by atoms with E-state index < -0.39 is 11.9 Å². The van der Waals surface area contributed by atoms with Crippen LogP contribution in [0.2, 0.25) is 0 Å². The van der Waals surface area contributed by atoms with Crippen molar-refractivity contribution >= 4 is 19.4 Å². The van der Waals surface area contributed by atoms with Gasteiger partial charge in [0.1, 0.15) is 0 Å². The van der Waals surface area contributed by atoms with E-state index in [9.17, 15) is 4.79 Å². The molecule has 44 valence electrons. The zero-order valence-electron chi connectivity index (χ0n) is 4.14. The monoisotopic (exact) mass is 122 g/mol. The largest absolute Gasteiger partial charge is 0.368 e. The van der Waals surface area contributed by atoms with Gasteiger partial charge in [-0.15, -0.1) is 0 Å². The molecule has 0 saturated heterocycles. The zero-order chi connectivity index (χ0) is 5.15. The molecule has 0 spiro atoms. The van der Waals surface area contributed by atoms with E-state index in [1.807, 2.05) is 0 Å². The Kier molecular flexibility index (Phi) is 5.60. The van der Waals surface area contributed by atoms with Gasteiger partial charge in [-0.1, -0.05) is 0 Å². The van der Waals surface area contributed by atoms with Crippen molar-refractivity contribution in [2.45, 2.75) is 13.0 Å². The number of carbonyl (C=O) groups excluding carboxylic acids is 1. The molecule has 0 saturated carbocycles. The number of carbonyl (C=O) groups is 1. The first kappa shape index (κ1) is 9.91. The standard InChI is InChI=1S/C3H8N2O.H2S/c1-2(4)3(5)6;/h2H,4H2,1H3,(H2,5,6);1H2/t2-;/m0./s1. The molecule has 1 amide bonds. The quantitative estimate of drug-likeness (QED) is 0.465. The molecule has 0 aliphatic carbocycles. The number of primary amides is 1. The fourth-order valence-electron chi connectivity index (χ4n) is 0. The highest BCUT2D eigenvalue weighted by Gasteiger charge is 1.96. The van der Waals surface area contributed by atoms with E-state index in [0.717, 1.165) is 0 Å². The molecule has 0 heterocycles. The van der Waals surface area contributed by atoms with E-state index in [1.165, 1.54) is 0 Å². The number of amides is 1. The molecule has 4 N–H and O–H groups in total. The minimum Gasteiger partial charge on any atom is -0.368 e. The first-order chi connectivity index (χ1) is 2.64. The van der Waals surface area contributed by atoms with Crippen LogP contribution in [-0.2, 0) is 4.79 Å². The third-order valence-electron chi connectivity index (χ3n) is 0.449. The van der Waals surface area contributed by atoms with Crippen LogP contribution >= 0.6 is 13.5 Å². The molecule has 0 aromatic heterocycles. The Morgan fingerprint density at radius 3 is 1.86 bits per heavy atom. The van der Waals surface area contributed by atoms with E-state index in [4.69, 9.17) is 5.73 Å². The van der Waals surface area contributed by atoms with Gasteiger partial charge in [-0.2, -0.15) is 13.5 Å². The van der Waals surface area contributed by atoms with E-state index in [0.29, 0.717) is 0 Å². The highest BCUT2D eigenvalue weighted by Crippen LogP contribution is 1.64. The summed E-state index contributed by atoms with van der Waals surface area (Å²) in [5.41, 5.74) is 9.63. The van der Waals surface area contributed by atoms with Crippen molar-refractivity contribution in [3.63, 3.8) is 0 Å². The van der Waals surface area contributed by atoms with E-state index in [1.54, 1.807) is 6.92 Å². The van der Waals surface area contributed by atoms with Crippen molar-refractivity contribution in [1.82, 2.24) is 0 Å². The van der Waals surface area contributed by atoms with Crippen LogP contribution < -0.4 is 11.5 Å². The van der Waals surface area contributed by atoms with Gasteiger partial charge >= 0.3 is 0 Å². The Morgan fingerprint density at radius 1 is 1.71 bits per heavy atom. The topological polar surface area (TPSA) is 69.1 Å². The lowest BCUT2D eigenvalue weighted by molar-refractivity contribution is -0.118. The summed E-state index contributed by atoms with van der Waals surface area (Å²) in [6.45, 7) is 1.54. The van der Waals surface area contributed by atoms with Gasteiger partial charge in [0.25, 0.3) is 0 Å². The van der Waals surface area contributed by atoms with Crippen molar-refractivity contribution in [2.75, 3.05) is 0 Å². The molecule has 0 aliphatic rings. The second-order valence-corrected chi connectivity index (χ2v) is 1.19. The summed E-state index contributed by atoms with van der Waals surface area (Å²) in [5.74, 6) is -0.463. The molecule has 0 unspecified atom stereocenters. The first-order valence-electron chi connectivity index (χ1n) is 1.69. The molecule has 4 heteroatoms. The van der Waals surface area contributed by atoms with Gasteiger partial charge < -0.3 is 11.5 Å². The van der Waals surface area contributed by atoms with Crippen LogP contribution in [0.1, 0.15) is 6.92 Å². The Balaban J connectivity index is 0. The molecule has 0 aliphatic heterocycles. The van der Waals surface area contributed by atoms with Crippen molar-refractivity contribution in [2.24, 2.45) is 11.5 Å². The fourth-order valence-corrected chi connectivity index (χ4v) is 0. The maximum Gasteiger partial charge on any atom is 0.234 e. The van der Waals surface area contributed by atoms with Crippen molar-refractivity contribution in [3.8, 4) is 0 Å². The number of nitrogens with two attached hydrogens (primary N) is 2. The van der Waals surface area contributed by atoms with Gasteiger partial charge in [0, 0.05) is 0 Å². The van der Waals surface area contributed by atoms with Gasteiger partial charge in [0.15, 0.2) is 0 Å². The van der Waals surface area contributed by atoms with Crippen LogP contribution in [0.15, 0.2) is 0 Å². The van der Waals surface area contributed by atoms with E-state index in [-0.39, 0.29) is 13.5 Å². The molecule has 3 nitrogen and oxygen atoms in total. The predicted molar refractivity (Wildman–Crippen MR) is 33.2 cm³/mol. The van der Waals surface area contributed by atoms with Crippen LogP contribution in [-0.4, -0.2) is 11.9 Å². The van der Waals surface area contributed by atoms with Crippen LogP contribution in [0.25, 0.3) is 0 Å². The molecular formula is C3H10N2OS. The van der Waals surface area contributed by atoms with Crippen molar-refractivity contribution in [3.05, 3.63) is 0 Å². The fraction of sp³-hybridized carbons (Fsp3) is 0.667. The molecule has 0 fully saturated rings. The summed E-state index contributed by atoms with van der Waals surface area (Å²) in [6, 6.07) is -0.509. The Morgan fingerprint density at radius 2 is 1.86 bits per heavy atom. The Labute approximate surface area is 49.5 Å². The molecule has 0 bridgehead atoms. The summed E-state index contributed by atoms with van der Waals surface area (Å²) < 4.78 is 0. The number of rotatable bonds is 1. The highest BCUT2D eigenvalue weighted by atomic mass is 32.1. The first-order valence-corrected chi connectivity index (χ1v) is 1.69. The lowest BCUT2D eigenvalue weighted by Gasteiger charge is -1.91. The third-order valence-corrected chi connectivity index (χ3v) is 0.449. The second-order valence-electron chi connectivity index (χ2n) is 1.19. The van der Waals surface area contributed by atoms with Gasteiger partial charge in [-0.05, 0) is 6.92 Å². The third kappa shape index (κ3) is 5.78. The van der Waals surface area contributed by atoms with E-state index in [2.05, 4.69) is 5.73 Å². The second kappa shape index (κ2) is 3.95. The number of hydrogen-bond donors (Lipinski definition) is 2. The Bertz CT molecular complexity index is 64.0. The smallest absolute Gasteiger partial charge is 0.234 e. The van der Waals surface area contributed by atoms with Gasteiger partial charge in [0.2, 0.25) is 5.91 Å². The van der Waals surface area contributed by atoms with Crippen LogP contribution in [0.3, 0.4) is 0 Å². The average Bonchev–Trinajstić information content (AvgIpc) is 1.36. The van der Waals surface area contributed by atoms with Gasteiger partial charge in [-0.25, -0.2) is 0 Å². The summed E-state index contributed by atoms with van der Waals surface area (Å²) in [7, 11) is 0. The molecule has 0 rings (SSSR count). The summed E-state index contributed by atoms with van der Waals surface area (Å²) >= 11 is 0. The van der Waals surface area contributed by atoms with Crippen molar-refractivity contribution in [1.29, 1.82) is 0 Å². The molecule has 1 atom stereocenters. The SMILES string of the molecule is C[C@H](N)C(N)=O.S. The minimum absolute atomic E-state index is 0. The van der Waals surface area contributed by atoms with Crippen LogP contribution in [0.4, 0.5) is 0 Å².